The molecule has 0 aliphatic rings. The molecule has 0 bridgehead atoms. The molecule has 1 amide bonds. The molecule has 146 valence electrons. The highest BCUT2D eigenvalue weighted by atomic mass is 32.2. The number of hydrogen-bond acceptors (Lipinski definition) is 6. The molecule has 2 aromatic rings. The minimum Gasteiger partial charge on any atom is -0.465 e. The van der Waals surface area contributed by atoms with Crippen molar-refractivity contribution in [2.45, 2.75) is 32.2 Å². The van der Waals surface area contributed by atoms with Gasteiger partial charge in [0, 0.05) is 12.1 Å². The lowest BCUT2D eigenvalue weighted by molar-refractivity contribution is 0.0598. The topological polar surface area (TPSA) is 115 Å². The van der Waals surface area contributed by atoms with Crippen LogP contribution in [0.1, 0.15) is 44.7 Å². The van der Waals surface area contributed by atoms with Gasteiger partial charge in [-0.15, -0.1) is 0 Å². The average molecular weight is 394 g/mol. The van der Waals surface area contributed by atoms with E-state index in [1.807, 2.05) is 0 Å². The van der Waals surface area contributed by atoms with Crippen LogP contribution in [0.3, 0.4) is 0 Å². The van der Waals surface area contributed by atoms with E-state index in [0.717, 1.165) is 0 Å². The van der Waals surface area contributed by atoms with Crippen LogP contribution in [0.4, 0.5) is 0 Å². The largest absolute Gasteiger partial charge is 0.465 e. The summed E-state index contributed by atoms with van der Waals surface area (Å²) in [4.78, 5) is 24.1. The molecule has 9 heteroatoms. The predicted octanol–water partition coefficient (Wildman–Crippen LogP) is 1.91. The van der Waals surface area contributed by atoms with E-state index in [4.69, 9.17) is 4.42 Å². The van der Waals surface area contributed by atoms with Crippen molar-refractivity contribution in [3.05, 3.63) is 52.5 Å². The molecule has 0 aliphatic carbocycles. The number of hydrogen-bond donors (Lipinski definition) is 2. The summed E-state index contributed by atoms with van der Waals surface area (Å²) in [6.45, 7) is 5.30. The zero-order valence-electron chi connectivity index (χ0n) is 15.6. The Hall–Kier alpha value is -2.65. The van der Waals surface area contributed by atoms with Crippen molar-refractivity contribution in [2.75, 3.05) is 13.7 Å². The molecule has 1 aromatic heterocycles. The monoisotopic (exact) mass is 394 g/mol. The molecule has 1 aromatic carbocycles. The van der Waals surface area contributed by atoms with Gasteiger partial charge in [-0.05, 0) is 37.6 Å². The van der Waals surface area contributed by atoms with Gasteiger partial charge < -0.3 is 14.5 Å². The van der Waals surface area contributed by atoms with Crippen molar-refractivity contribution in [3.63, 3.8) is 0 Å². The molecule has 2 rings (SSSR count). The number of carbonyl (C=O) groups is 2. The molecule has 0 atom stereocenters. The summed E-state index contributed by atoms with van der Waals surface area (Å²) in [5.41, 5.74) is 1.16. The van der Waals surface area contributed by atoms with Crippen molar-refractivity contribution in [1.29, 1.82) is 0 Å². The fraction of sp³-hybridized carbons (Fsp3) is 0.333. The SMILES string of the molecule is CCNS(=O)(=O)c1ccc(C)c(C(=O)NCc2cc(C(=O)OC)c(C)o2)c1. The first kappa shape index (κ1) is 20.7. The van der Waals surface area contributed by atoms with Crippen LogP contribution in [0, 0.1) is 13.8 Å². The van der Waals surface area contributed by atoms with E-state index in [2.05, 4.69) is 14.8 Å². The van der Waals surface area contributed by atoms with E-state index in [0.29, 0.717) is 17.1 Å². The number of nitrogens with one attached hydrogen (secondary N) is 2. The van der Waals surface area contributed by atoms with E-state index in [9.17, 15) is 18.0 Å². The maximum absolute atomic E-state index is 12.5. The van der Waals surface area contributed by atoms with Crippen molar-refractivity contribution in [2.24, 2.45) is 0 Å². The molecule has 0 unspecified atom stereocenters. The number of aryl methyl sites for hydroxylation is 2. The smallest absolute Gasteiger partial charge is 0.341 e. The normalized spacial score (nSPS) is 11.3. The number of esters is 1. The molecule has 0 spiro atoms. The van der Waals surface area contributed by atoms with Crippen molar-refractivity contribution in [1.82, 2.24) is 10.0 Å². The number of methoxy groups -OCH3 is 1. The van der Waals surface area contributed by atoms with E-state index in [-0.39, 0.29) is 29.1 Å². The Morgan fingerprint density at radius 1 is 1.15 bits per heavy atom. The maximum atomic E-state index is 12.5. The van der Waals surface area contributed by atoms with Gasteiger partial charge >= 0.3 is 5.97 Å². The molecule has 27 heavy (non-hydrogen) atoms. The number of sulfonamides is 1. The quantitative estimate of drug-likeness (QED) is 0.693. The maximum Gasteiger partial charge on any atom is 0.341 e. The lowest BCUT2D eigenvalue weighted by atomic mass is 10.1. The number of carbonyl (C=O) groups excluding carboxylic acids is 2. The van der Waals surface area contributed by atoms with Crippen LogP contribution in [-0.2, 0) is 21.3 Å². The van der Waals surface area contributed by atoms with Crippen LogP contribution in [0.5, 0.6) is 0 Å². The number of furan rings is 1. The van der Waals surface area contributed by atoms with Crippen LogP contribution >= 0.6 is 0 Å². The molecular formula is C18H22N2O6S. The van der Waals surface area contributed by atoms with Gasteiger partial charge in [-0.2, -0.15) is 0 Å². The Kier molecular flexibility index (Phi) is 6.40. The van der Waals surface area contributed by atoms with Gasteiger partial charge in [-0.25, -0.2) is 17.9 Å². The summed E-state index contributed by atoms with van der Waals surface area (Å²) in [5, 5.41) is 2.66. The van der Waals surface area contributed by atoms with Crippen LogP contribution in [0.2, 0.25) is 0 Å². The van der Waals surface area contributed by atoms with Gasteiger partial charge in [0.15, 0.2) is 0 Å². The molecule has 0 saturated carbocycles. The van der Waals surface area contributed by atoms with E-state index < -0.39 is 21.9 Å². The van der Waals surface area contributed by atoms with Crippen LogP contribution in [0.15, 0.2) is 33.6 Å². The summed E-state index contributed by atoms with van der Waals surface area (Å²) in [6, 6.07) is 5.85. The Labute approximate surface area is 157 Å². The molecule has 0 radical (unpaired) electrons. The molecule has 0 saturated heterocycles. The molecule has 0 fully saturated rings. The molecule has 0 aliphatic heterocycles. The number of amides is 1. The molecule has 1 heterocycles. The zero-order chi connectivity index (χ0) is 20.2. The van der Waals surface area contributed by atoms with Gasteiger partial charge in [-0.3, -0.25) is 4.79 Å². The Morgan fingerprint density at radius 2 is 1.85 bits per heavy atom. The van der Waals surface area contributed by atoms with Crippen molar-refractivity contribution in [3.8, 4) is 0 Å². The van der Waals surface area contributed by atoms with Gasteiger partial charge in [0.1, 0.15) is 17.1 Å². The first-order valence-corrected chi connectivity index (χ1v) is 9.74. The minimum absolute atomic E-state index is 0.0157. The second kappa shape index (κ2) is 8.36. The zero-order valence-corrected chi connectivity index (χ0v) is 16.4. The Balaban J connectivity index is 2.18. The molecule has 2 N–H and O–H groups in total. The second-order valence-electron chi connectivity index (χ2n) is 5.83. The van der Waals surface area contributed by atoms with E-state index in [1.165, 1.54) is 25.3 Å². The fourth-order valence-electron chi connectivity index (χ4n) is 2.49. The standard InChI is InChI=1S/C18H22N2O6S/c1-5-20-27(23,24)14-7-6-11(2)15(9-14)17(21)19-10-13-8-16(12(3)26-13)18(22)25-4/h6-9,20H,5,10H2,1-4H3,(H,19,21). The van der Waals surface area contributed by atoms with E-state index >= 15 is 0 Å². The minimum atomic E-state index is -3.66. The second-order valence-corrected chi connectivity index (χ2v) is 7.60. The van der Waals surface area contributed by atoms with Crippen molar-refractivity contribution < 1.29 is 27.2 Å². The third kappa shape index (κ3) is 4.75. The lowest BCUT2D eigenvalue weighted by Gasteiger charge is -2.10. The summed E-state index contributed by atoms with van der Waals surface area (Å²) in [5.74, 6) is -0.197. The molecule has 8 nitrogen and oxygen atoms in total. The van der Waals surface area contributed by atoms with Crippen LogP contribution < -0.4 is 10.0 Å². The van der Waals surface area contributed by atoms with Gasteiger partial charge in [-0.1, -0.05) is 13.0 Å². The van der Waals surface area contributed by atoms with Gasteiger partial charge in [0.25, 0.3) is 5.91 Å². The third-order valence-corrected chi connectivity index (χ3v) is 5.44. The first-order valence-electron chi connectivity index (χ1n) is 8.25. The third-order valence-electron chi connectivity index (χ3n) is 3.90. The van der Waals surface area contributed by atoms with Crippen LogP contribution in [0.25, 0.3) is 0 Å². The first-order chi connectivity index (χ1) is 12.7. The highest BCUT2D eigenvalue weighted by Crippen LogP contribution is 2.18. The Bertz CT molecular complexity index is 962. The summed E-state index contributed by atoms with van der Waals surface area (Å²) >= 11 is 0. The van der Waals surface area contributed by atoms with Gasteiger partial charge in [0.2, 0.25) is 10.0 Å². The number of ether oxygens (including phenoxy) is 1. The molecular weight excluding hydrogens is 372 g/mol. The average Bonchev–Trinajstić information content (AvgIpc) is 3.00. The van der Waals surface area contributed by atoms with E-state index in [1.54, 1.807) is 26.8 Å². The summed E-state index contributed by atoms with van der Waals surface area (Å²) in [6.07, 6.45) is 0. The van der Waals surface area contributed by atoms with Crippen LogP contribution in [-0.4, -0.2) is 33.9 Å². The summed E-state index contributed by atoms with van der Waals surface area (Å²) < 4.78 is 36.7. The predicted molar refractivity (Wildman–Crippen MR) is 98.0 cm³/mol. The summed E-state index contributed by atoms with van der Waals surface area (Å²) in [7, 11) is -2.39. The number of benzene rings is 1. The van der Waals surface area contributed by atoms with Gasteiger partial charge in [0.05, 0.1) is 18.6 Å². The number of rotatable bonds is 7. The van der Waals surface area contributed by atoms with Crippen molar-refractivity contribution >= 4 is 21.9 Å². The highest BCUT2D eigenvalue weighted by Gasteiger charge is 2.19. The highest BCUT2D eigenvalue weighted by molar-refractivity contribution is 7.89. The lowest BCUT2D eigenvalue weighted by Crippen LogP contribution is -2.26. The Morgan fingerprint density at radius 3 is 2.48 bits per heavy atom. The fourth-order valence-corrected chi connectivity index (χ4v) is 3.56.